The lowest BCUT2D eigenvalue weighted by molar-refractivity contribution is -0.143. The fourth-order valence-corrected chi connectivity index (χ4v) is 2.47. The van der Waals surface area contributed by atoms with E-state index in [4.69, 9.17) is 14.2 Å². The molecule has 0 atom stereocenters. The van der Waals surface area contributed by atoms with Gasteiger partial charge in [-0.2, -0.15) is 0 Å². The Morgan fingerprint density at radius 3 is 2.38 bits per heavy atom. The van der Waals surface area contributed by atoms with Crippen molar-refractivity contribution in [1.82, 2.24) is 4.57 Å². The summed E-state index contributed by atoms with van der Waals surface area (Å²) in [6.07, 6.45) is 1.70. The highest BCUT2D eigenvalue weighted by Crippen LogP contribution is 2.31. The maximum atomic E-state index is 14.3. The Hall–Kier alpha value is -2.57. The van der Waals surface area contributed by atoms with Crippen molar-refractivity contribution in [2.45, 2.75) is 26.3 Å². The molecule has 0 saturated heterocycles. The molecule has 2 aromatic rings. The van der Waals surface area contributed by atoms with Gasteiger partial charge in [-0.05, 0) is 25.5 Å². The zero-order valence-corrected chi connectivity index (χ0v) is 13.9. The molecule has 24 heavy (non-hydrogen) atoms. The number of hydrogen-bond donors (Lipinski definition) is 0. The summed E-state index contributed by atoms with van der Waals surface area (Å²) in [5.41, 5.74) is -0.351. The van der Waals surface area contributed by atoms with Crippen LogP contribution in [0, 0.1) is 5.82 Å². The van der Waals surface area contributed by atoms with E-state index < -0.39 is 5.82 Å². The highest BCUT2D eigenvalue weighted by Gasteiger charge is 2.14. The van der Waals surface area contributed by atoms with Crippen molar-refractivity contribution in [3.05, 3.63) is 34.5 Å². The van der Waals surface area contributed by atoms with Gasteiger partial charge in [0.25, 0.3) is 5.56 Å². The second-order valence-corrected chi connectivity index (χ2v) is 5.14. The van der Waals surface area contributed by atoms with Gasteiger partial charge in [-0.15, -0.1) is 0 Å². The molecule has 0 amide bonds. The van der Waals surface area contributed by atoms with Gasteiger partial charge in [0.2, 0.25) is 0 Å². The van der Waals surface area contributed by atoms with E-state index >= 15 is 0 Å². The molecule has 1 aromatic heterocycles. The molecule has 2 rings (SSSR count). The number of aryl methyl sites for hydroxylation is 1. The summed E-state index contributed by atoms with van der Waals surface area (Å²) in [6.45, 7) is 2.26. The third kappa shape index (κ3) is 3.67. The van der Waals surface area contributed by atoms with E-state index in [9.17, 15) is 14.0 Å². The summed E-state index contributed by atoms with van der Waals surface area (Å²) in [5, 5.41) is 0.364. The van der Waals surface area contributed by atoms with Gasteiger partial charge in [0.15, 0.2) is 11.5 Å². The number of nitrogens with zero attached hydrogens (tertiary/aromatic N) is 1. The Labute approximate surface area is 138 Å². The number of fused-ring (bicyclic) bond motifs is 1. The lowest BCUT2D eigenvalue weighted by atomic mass is 10.1. The van der Waals surface area contributed by atoms with Crippen molar-refractivity contribution in [2.24, 2.45) is 0 Å². The molecular formula is C17H20FNO5. The number of benzene rings is 1. The first kappa shape index (κ1) is 17.8. The van der Waals surface area contributed by atoms with Gasteiger partial charge in [-0.1, -0.05) is 0 Å². The van der Waals surface area contributed by atoms with Crippen molar-refractivity contribution >= 4 is 16.7 Å². The molecule has 0 unspecified atom stereocenters. The molecular weight excluding hydrogens is 317 g/mol. The van der Waals surface area contributed by atoms with Gasteiger partial charge in [0, 0.05) is 24.5 Å². The highest BCUT2D eigenvalue weighted by atomic mass is 19.1. The van der Waals surface area contributed by atoms with Crippen LogP contribution in [-0.4, -0.2) is 31.4 Å². The zero-order chi connectivity index (χ0) is 17.7. The van der Waals surface area contributed by atoms with Crippen LogP contribution in [0.5, 0.6) is 11.5 Å². The molecule has 6 nitrogen and oxygen atoms in total. The Morgan fingerprint density at radius 2 is 1.79 bits per heavy atom. The Kier molecular flexibility index (Phi) is 5.78. The van der Waals surface area contributed by atoms with Crippen LogP contribution in [0.4, 0.5) is 4.39 Å². The van der Waals surface area contributed by atoms with Gasteiger partial charge in [-0.3, -0.25) is 9.59 Å². The molecule has 0 radical (unpaired) electrons. The van der Waals surface area contributed by atoms with Gasteiger partial charge < -0.3 is 18.8 Å². The van der Waals surface area contributed by atoms with Gasteiger partial charge >= 0.3 is 5.97 Å². The predicted molar refractivity (Wildman–Crippen MR) is 87.1 cm³/mol. The smallest absolute Gasteiger partial charge is 0.305 e. The fraction of sp³-hybridized carbons (Fsp3) is 0.412. The largest absolute Gasteiger partial charge is 0.493 e. The minimum atomic E-state index is -0.540. The molecule has 0 aliphatic carbocycles. The molecule has 0 bridgehead atoms. The van der Waals surface area contributed by atoms with Crippen LogP contribution >= 0.6 is 0 Å². The molecule has 1 aromatic carbocycles. The standard InChI is InChI=1S/C17H20FNO5/c1-4-24-16(20)6-5-7-19-10-13(18)11-8-14(22-2)15(23-3)9-12(11)17(19)21/h8-10H,4-7H2,1-3H3. The first-order valence-electron chi connectivity index (χ1n) is 7.62. The predicted octanol–water partition coefficient (Wildman–Crippen LogP) is 2.50. The SMILES string of the molecule is CCOC(=O)CCCn1cc(F)c2cc(OC)c(OC)cc2c1=O. The van der Waals surface area contributed by atoms with Crippen molar-refractivity contribution in [3.8, 4) is 11.5 Å². The number of aromatic nitrogens is 1. The van der Waals surface area contributed by atoms with Crippen molar-refractivity contribution in [2.75, 3.05) is 20.8 Å². The molecule has 0 aliphatic rings. The first-order chi connectivity index (χ1) is 11.5. The number of esters is 1. The molecule has 0 saturated carbocycles. The van der Waals surface area contributed by atoms with Crippen molar-refractivity contribution < 1.29 is 23.4 Å². The van der Waals surface area contributed by atoms with Gasteiger partial charge in [0.1, 0.15) is 5.82 Å². The third-order valence-corrected chi connectivity index (χ3v) is 3.63. The average molecular weight is 337 g/mol. The van der Waals surface area contributed by atoms with Crippen LogP contribution in [0.1, 0.15) is 19.8 Å². The number of ether oxygens (including phenoxy) is 3. The Balaban J connectivity index is 2.34. The number of hydrogen-bond acceptors (Lipinski definition) is 5. The second kappa shape index (κ2) is 7.81. The quantitative estimate of drug-likeness (QED) is 0.726. The molecule has 0 spiro atoms. The van der Waals surface area contributed by atoms with Crippen LogP contribution < -0.4 is 15.0 Å². The van der Waals surface area contributed by atoms with Gasteiger partial charge in [0.05, 0.1) is 26.2 Å². The second-order valence-electron chi connectivity index (χ2n) is 5.14. The zero-order valence-electron chi connectivity index (χ0n) is 13.9. The highest BCUT2D eigenvalue weighted by molar-refractivity contribution is 5.85. The number of rotatable bonds is 7. The number of carbonyl (C=O) groups is 1. The summed E-state index contributed by atoms with van der Waals surface area (Å²) in [6, 6.07) is 2.90. The fourth-order valence-electron chi connectivity index (χ4n) is 2.47. The lowest BCUT2D eigenvalue weighted by Gasteiger charge is -2.12. The van der Waals surface area contributed by atoms with E-state index in [1.165, 1.54) is 30.9 Å². The van der Waals surface area contributed by atoms with Crippen LogP contribution in [-0.2, 0) is 16.1 Å². The normalized spacial score (nSPS) is 10.7. The minimum Gasteiger partial charge on any atom is -0.493 e. The monoisotopic (exact) mass is 337 g/mol. The lowest BCUT2D eigenvalue weighted by Crippen LogP contribution is -2.21. The van der Waals surface area contributed by atoms with Crippen LogP contribution in [0.2, 0.25) is 0 Å². The molecule has 1 heterocycles. The Morgan fingerprint density at radius 1 is 1.17 bits per heavy atom. The average Bonchev–Trinajstić information content (AvgIpc) is 2.58. The number of methoxy groups -OCH3 is 2. The van der Waals surface area contributed by atoms with E-state index in [-0.39, 0.29) is 35.3 Å². The van der Waals surface area contributed by atoms with E-state index in [0.717, 1.165) is 6.20 Å². The summed E-state index contributed by atoms with van der Waals surface area (Å²) >= 11 is 0. The third-order valence-electron chi connectivity index (χ3n) is 3.63. The maximum absolute atomic E-state index is 14.3. The molecule has 0 fully saturated rings. The molecule has 130 valence electrons. The van der Waals surface area contributed by atoms with E-state index in [0.29, 0.717) is 24.5 Å². The van der Waals surface area contributed by atoms with Crippen LogP contribution in [0.3, 0.4) is 0 Å². The number of carbonyl (C=O) groups excluding carboxylic acids is 1. The number of pyridine rings is 1. The first-order valence-corrected chi connectivity index (χ1v) is 7.62. The molecule has 0 N–H and O–H groups in total. The van der Waals surface area contributed by atoms with Crippen LogP contribution in [0.15, 0.2) is 23.1 Å². The summed E-state index contributed by atoms with van der Waals surface area (Å²) in [4.78, 5) is 23.9. The Bertz CT molecular complexity index is 800. The van der Waals surface area contributed by atoms with Gasteiger partial charge in [-0.25, -0.2) is 4.39 Å². The summed E-state index contributed by atoms with van der Waals surface area (Å²) in [7, 11) is 2.89. The summed E-state index contributed by atoms with van der Waals surface area (Å²) in [5.74, 6) is -0.172. The van der Waals surface area contributed by atoms with E-state index in [1.54, 1.807) is 6.92 Å². The van der Waals surface area contributed by atoms with Crippen molar-refractivity contribution in [3.63, 3.8) is 0 Å². The van der Waals surface area contributed by atoms with Crippen LogP contribution in [0.25, 0.3) is 10.8 Å². The maximum Gasteiger partial charge on any atom is 0.305 e. The molecule has 7 heteroatoms. The van der Waals surface area contributed by atoms with E-state index in [1.807, 2.05) is 0 Å². The number of halogens is 1. The topological polar surface area (TPSA) is 66.8 Å². The molecule has 0 aliphatic heterocycles. The van der Waals surface area contributed by atoms with Crippen molar-refractivity contribution in [1.29, 1.82) is 0 Å². The summed E-state index contributed by atoms with van der Waals surface area (Å²) < 4.78 is 30.7. The minimum absolute atomic E-state index is 0.166. The van der Waals surface area contributed by atoms with E-state index in [2.05, 4.69) is 0 Å².